The molecule has 0 saturated carbocycles. The number of benzene rings is 1. The number of primary amides is 1. The molecular formula is C14H18N2O3. The number of carboxylic acids is 1. The first-order valence-electron chi connectivity index (χ1n) is 6.40. The largest absolute Gasteiger partial charge is 0.480 e. The lowest BCUT2D eigenvalue weighted by molar-refractivity contribution is -0.140. The van der Waals surface area contributed by atoms with Gasteiger partial charge in [-0.05, 0) is 43.0 Å². The van der Waals surface area contributed by atoms with E-state index in [-0.39, 0.29) is 5.92 Å². The summed E-state index contributed by atoms with van der Waals surface area (Å²) in [6.07, 6.45) is 1.90. The van der Waals surface area contributed by atoms with Crippen molar-refractivity contribution in [3.05, 3.63) is 29.8 Å². The Morgan fingerprint density at radius 2 is 1.95 bits per heavy atom. The first-order valence-corrected chi connectivity index (χ1v) is 6.40. The zero-order valence-corrected chi connectivity index (χ0v) is 10.9. The van der Waals surface area contributed by atoms with Gasteiger partial charge in [-0.2, -0.15) is 0 Å². The predicted octanol–water partition coefficient (Wildman–Crippen LogP) is 1.47. The van der Waals surface area contributed by atoms with Crippen molar-refractivity contribution < 1.29 is 14.7 Å². The number of aliphatic carboxylic acids is 1. The summed E-state index contributed by atoms with van der Waals surface area (Å²) in [6.45, 7) is 2.68. The van der Waals surface area contributed by atoms with Gasteiger partial charge < -0.3 is 15.7 Å². The van der Waals surface area contributed by atoms with E-state index in [1.54, 1.807) is 24.3 Å². The lowest BCUT2D eigenvalue weighted by Gasteiger charge is -2.39. The molecule has 0 bridgehead atoms. The maximum atomic E-state index is 11.4. The highest BCUT2D eigenvalue weighted by molar-refractivity contribution is 5.93. The van der Waals surface area contributed by atoms with Gasteiger partial charge in [0, 0.05) is 17.8 Å². The average Bonchev–Trinajstić information content (AvgIpc) is 2.38. The molecule has 3 N–H and O–H groups in total. The minimum absolute atomic E-state index is 0.113. The summed E-state index contributed by atoms with van der Waals surface area (Å²) in [5, 5.41) is 9.37. The van der Waals surface area contributed by atoms with Crippen LogP contribution in [0.15, 0.2) is 24.3 Å². The topological polar surface area (TPSA) is 83.6 Å². The van der Waals surface area contributed by atoms with E-state index in [4.69, 9.17) is 5.73 Å². The zero-order chi connectivity index (χ0) is 14.0. The maximum absolute atomic E-state index is 11.4. The third-order valence-electron chi connectivity index (χ3n) is 3.67. The highest BCUT2D eigenvalue weighted by Crippen LogP contribution is 2.29. The zero-order valence-electron chi connectivity index (χ0n) is 10.9. The van der Waals surface area contributed by atoms with Gasteiger partial charge in [-0.25, -0.2) is 4.79 Å². The quantitative estimate of drug-likeness (QED) is 0.864. The van der Waals surface area contributed by atoms with Crippen LogP contribution in [-0.2, 0) is 4.79 Å². The van der Waals surface area contributed by atoms with E-state index in [0.29, 0.717) is 5.56 Å². The van der Waals surface area contributed by atoms with Gasteiger partial charge in [-0.3, -0.25) is 4.79 Å². The Kier molecular flexibility index (Phi) is 3.74. The molecule has 5 heteroatoms. The fourth-order valence-corrected chi connectivity index (χ4v) is 2.67. The van der Waals surface area contributed by atoms with Crippen LogP contribution in [-0.4, -0.2) is 29.6 Å². The van der Waals surface area contributed by atoms with Crippen LogP contribution in [0, 0.1) is 5.92 Å². The summed E-state index contributed by atoms with van der Waals surface area (Å²) in [4.78, 5) is 24.3. The molecule has 1 fully saturated rings. The number of amides is 1. The predicted molar refractivity (Wildman–Crippen MR) is 72.1 cm³/mol. The number of carbonyl (C=O) groups excluding carboxylic acids is 1. The van der Waals surface area contributed by atoms with Gasteiger partial charge in [0.2, 0.25) is 5.91 Å². The molecule has 1 aliphatic rings. The lowest BCUT2D eigenvalue weighted by atomic mass is 9.90. The molecule has 1 aromatic carbocycles. The molecule has 1 aromatic rings. The number of piperidine rings is 1. The van der Waals surface area contributed by atoms with Gasteiger partial charge in [0.1, 0.15) is 6.04 Å². The summed E-state index contributed by atoms with van der Waals surface area (Å²) < 4.78 is 0. The third-order valence-corrected chi connectivity index (χ3v) is 3.67. The SMILES string of the molecule is CC1CCCN(c2ccc(C(N)=O)cc2)C1C(=O)O. The van der Waals surface area contributed by atoms with Crippen molar-refractivity contribution in [3.63, 3.8) is 0 Å². The van der Waals surface area contributed by atoms with E-state index in [9.17, 15) is 14.7 Å². The van der Waals surface area contributed by atoms with Crippen LogP contribution >= 0.6 is 0 Å². The standard InChI is InChI=1S/C14H18N2O3/c1-9-3-2-8-16(12(9)14(18)19)11-6-4-10(5-7-11)13(15)17/h4-7,9,12H,2-3,8H2,1H3,(H2,15,17)(H,18,19). The molecule has 102 valence electrons. The Hall–Kier alpha value is -2.04. The van der Waals surface area contributed by atoms with Gasteiger partial charge in [0.05, 0.1) is 0 Å². The molecule has 19 heavy (non-hydrogen) atoms. The van der Waals surface area contributed by atoms with Gasteiger partial charge in [-0.15, -0.1) is 0 Å². The number of hydrogen-bond acceptors (Lipinski definition) is 3. The summed E-state index contributed by atoms with van der Waals surface area (Å²) in [5.41, 5.74) is 6.45. The second kappa shape index (κ2) is 5.30. The summed E-state index contributed by atoms with van der Waals surface area (Å²) in [5.74, 6) is -1.17. The second-order valence-corrected chi connectivity index (χ2v) is 5.01. The number of carbonyl (C=O) groups is 2. The summed E-state index contributed by atoms with van der Waals surface area (Å²) >= 11 is 0. The number of carboxylic acid groups (broad SMARTS) is 1. The molecule has 2 rings (SSSR count). The summed E-state index contributed by atoms with van der Waals surface area (Å²) in [6, 6.07) is 6.28. The van der Waals surface area contributed by atoms with Crippen molar-refractivity contribution in [2.75, 3.05) is 11.4 Å². The van der Waals surface area contributed by atoms with Crippen LogP contribution < -0.4 is 10.6 Å². The Labute approximate surface area is 112 Å². The Morgan fingerprint density at radius 3 is 2.47 bits per heavy atom. The molecule has 0 spiro atoms. The Bertz CT molecular complexity index is 484. The fraction of sp³-hybridized carbons (Fsp3) is 0.429. The monoisotopic (exact) mass is 262 g/mol. The van der Waals surface area contributed by atoms with E-state index in [1.807, 2.05) is 11.8 Å². The van der Waals surface area contributed by atoms with Crippen LogP contribution in [0.1, 0.15) is 30.1 Å². The second-order valence-electron chi connectivity index (χ2n) is 5.01. The van der Waals surface area contributed by atoms with E-state index < -0.39 is 17.9 Å². The average molecular weight is 262 g/mol. The van der Waals surface area contributed by atoms with Crippen LogP contribution in [0.3, 0.4) is 0 Å². The number of anilines is 1. The van der Waals surface area contributed by atoms with E-state index in [0.717, 1.165) is 25.1 Å². The normalized spacial score (nSPS) is 23.1. The Balaban J connectivity index is 2.27. The summed E-state index contributed by atoms with van der Waals surface area (Å²) in [7, 11) is 0. The molecule has 2 atom stereocenters. The first kappa shape index (κ1) is 13.4. The van der Waals surface area contributed by atoms with Crippen molar-refractivity contribution in [2.45, 2.75) is 25.8 Å². The third kappa shape index (κ3) is 2.70. The van der Waals surface area contributed by atoms with Gasteiger partial charge in [0.15, 0.2) is 0 Å². The Morgan fingerprint density at radius 1 is 1.32 bits per heavy atom. The molecular weight excluding hydrogens is 244 g/mol. The van der Waals surface area contributed by atoms with Gasteiger partial charge in [0.25, 0.3) is 0 Å². The van der Waals surface area contributed by atoms with Gasteiger partial charge in [-0.1, -0.05) is 6.92 Å². The fourth-order valence-electron chi connectivity index (χ4n) is 2.67. The maximum Gasteiger partial charge on any atom is 0.326 e. The number of hydrogen-bond donors (Lipinski definition) is 2. The molecule has 0 aliphatic carbocycles. The van der Waals surface area contributed by atoms with Crippen LogP contribution in [0.5, 0.6) is 0 Å². The van der Waals surface area contributed by atoms with Gasteiger partial charge >= 0.3 is 5.97 Å². The van der Waals surface area contributed by atoms with Crippen LogP contribution in [0.4, 0.5) is 5.69 Å². The van der Waals surface area contributed by atoms with Crippen molar-refractivity contribution in [2.24, 2.45) is 11.7 Å². The van der Waals surface area contributed by atoms with E-state index >= 15 is 0 Å². The number of rotatable bonds is 3. The molecule has 1 heterocycles. The highest BCUT2D eigenvalue weighted by atomic mass is 16.4. The van der Waals surface area contributed by atoms with Crippen molar-refractivity contribution >= 4 is 17.6 Å². The molecule has 1 amide bonds. The first-order chi connectivity index (χ1) is 9.00. The number of nitrogens with zero attached hydrogens (tertiary/aromatic N) is 1. The molecule has 5 nitrogen and oxygen atoms in total. The molecule has 1 saturated heterocycles. The molecule has 0 aromatic heterocycles. The van der Waals surface area contributed by atoms with Crippen LogP contribution in [0.2, 0.25) is 0 Å². The van der Waals surface area contributed by atoms with Crippen molar-refractivity contribution in [1.82, 2.24) is 0 Å². The lowest BCUT2D eigenvalue weighted by Crippen LogP contribution is -2.49. The minimum atomic E-state index is -0.800. The van der Waals surface area contributed by atoms with Crippen molar-refractivity contribution in [1.29, 1.82) is 0 Å². The van der Waals surface area contributed by atoms with E-state index in [2.05, 4.69) is 0 Å². The highest BCUT2D eigenvalue weighted by Gasteiger charge is 2.34. The van der Waals surface area contributed by atoms with E-state index in [1.165, 1.54) is 0 Å². The smallest absolute Gasteiger partial charge is 0.326 e. The minimum Gasteiger partial charge on any atom is -0.480 e. The van der Waals surface area contributed by atoms with Crippen molar-refractivity contribution in [3.8, 4) is 0 Å². The molecule has 1 aliphatic heterocycles. The van der Waals surface area contributed by atoms with Crippen LogP contribution in [0.25, 0.3) is 0 Å². The number of nitrogens with two attached hydrogens (primary N) is 1. The molecule has 0 radical (unpaired) electrons. The molecule has 2 unspecified atom stereocenters.